The maximum atomic E-state index is 10.2. The van der Waals surface area contributed by atoms with Crippen LogP contribution in [0.25, 0.3) is 0 Å². The van der Waals surface area contributed by atoms with E-state index in [0.29, 0.717) is 0 Å². The molecular formula is C6H6CaN2O4. The van der Waals surface area contributed by atoms with Crippen LogP contribution in [0.5, 0.6) is 0 Å². The van der Waals surface area contributed by atoms with E-state index >= 15 is 0 Å². The van der Waals surface area contributed by atoms with Crippen LogP contribution in [0, 0.1) is 0 Å². The van der Waals surface area contributed by atoms with Crippen molar-refractivity contribution in [3.8, 4) is 0 Å². The van der Waals surface area contributed by atoms with Crippen molar-refractivity contribution in [3.05, 3.63) is 23.8 Å². The molecule has 7 heteroatoms. The summed E-state index contributed by atoms with van der Waals surface area (Å²) in [6.07, 6.45) is 1.79. The minimum absolute atomic E-state index is 0. The number of nitrogens with zero attached hydrogens (tertiary/aromatic N) is 2. The van der Waals surface area contributed by atoms with E-state index in [0.717, 1.165) is 12.4 Å². The Hall–Kier alpha value is -0.720. The van der Waals surface area contributed by atoms with E-state index in [4.69, 9.17) is 10.2 Å². The largest absolute Gasteiger partial charge is 2.00 e. The van der Waals surface area contributed by atoms with Crippen molar-refractivity contribution in [1.82, 2.24) is 9.97 Å². The maximum absolute atomic E-state index is 10.2. The number of carboxylic acid groups (broad SMARTS) is 2. The van der Waals surface area contributed by atoms with Gasteiger partial charge in [0.05, 0.1) is 12.4 Å². The van der Waals surface area contributed by atoms with Gasteiger partial charge in [0.15, 0.2) is 11.4 Å². The monoisotopic (exact) mass is 210 g/mol. The summed E-state index contributed by atoms with van der Waals surface area (Å²) in [6.45, 7) is 0. The van der Waals surface area contributed by atoms with Gasteiger partial charge in [-0.05, 0) is 0 Å². The van der Waals surface area contributed by atoms with Crippen molar-refractivity contribution >= 4 is 49.7 Å². The minimum Gasteiger partial charge on any atom is -1.00 e. The Balaban J connectivity index is -0.000000480. The van der Waals surface area contributed by atoms with Gasteiger partial charge in [-0.1, -0.05) is 0 Å². The van der Waals surface area contributed by atoms with Crippen LogP contribution in [0.1, 0.15) is 23.8 Å². The summed E-state index contributed by atoms with van der Waals surface area (Å²) in [5.74, 6) is -2.47. The predicted octanol–water partition coefficient (Wildman–Crippen LogP) is -0.283. The summed E-state index contributed by atoms with van der Waals surface area (Å²) >= 11 is 0. The van der Waals surface area contributed by atoms with Gasteiger partial charge in [-0.3, -0.25) is 0 Å². The standard InChI is InChI=1S/C6H4N2O4.Ca.2H/c9-5(10)3-1-7-4(2-8-3)6(11)12;;;/h1-2H,(H,9,10)(H,11,12);;;/q;+2;2*-1. The number of aromatic carboxylic acids is 2. The van der Waals surface area contributed by atoms with Crippen LogP contribution in [-0.2, 0) is 0 Å². The molecule has 0 spiro atoms. The quantitative estimate of drug-likeness (QED) is 0.651. The first kappa shape index (κ1) is 12.3. The zero-order valence-electron chi connectivity index (χ0n) is 8.47. The van der Waals surface area contributed by atoms with Crippen LogP contribution in [0.4, 0.5) is 0 Å². The van der Waals surface area contributed by atoms with Gasteiger partial charge < -0.3 is 13.1 Å². The molecule has 0 aromatic carbocycles. The van der Waals surface area contributed by atoms with Gasteiger partial charge >= 0.3 is 49.7 Å². The topological polar surface area (TPSA) is 100 Å². The van der Waals surface area contributed by atoms with Crippen LogP contribution in [0.15, 0.2) is 12.4 Å². The Morgan fingerprint density at radius 2 is 1.38 bits per heavy atom. The van der Waals surface area contributed by atoms with E-state index in [-0.39, 0.29) is 52.0 Å². The molecule has 66 valence electrons. The third kappa shape index (κ3) is 3.25. The molecule has 0 radical (unpaired) electrons. The summed E-state index contributed by atoms with van der Waals surface area (Å²) in [6, 6.07) is 0. The van der Waals surface area contributed by atoms with E-state index in [1.165, 1.54) is 0 Å². The molecule has 2 N–H and O–H groups in total. The Morgan fingerprint density at radius 1 is 1.08 bits per heavy atom. The van der Waals surface area contributed by atoms with Crippen molar-refractivity contribution in [2.45, 2.75) is 0 Å². The molecule has 0 atom stereocenters. The van der Waals surface area contributed by atoms with Crippen molar-refractivity contribution < 1.29 is 22.7 Å². The molecule has 1 aromatic heterocycles. The van der Waals surface area contributed by atoms with Gasteiger partial charge in [0.1, 0.15) is 0 Å². The van der Waals surface area contributed by atoms with E-state index in [9.17, 15) is 9.59 Å². The second-order valence-corrected chi connectivity index (χ2v) is 1.90. The second kappa shape index (κ2) is 5.11. The van der Waals surface area contributed by atoms with E-state index in [1.807, 2.05) is 0 Å². The average Bonchev–Trinajstić information content (AvgIpc) is 2.04. The zero-order valence-corrected chi connectivity index (χ0v) is 8.68. The van der Waals surface area contributed by atoms with Gasteiger partial charge in [-0.2, -0.15) is 0 Å². The molecule has 13 heavy (non-hydrogen) atoms. The van der Waals surface area contributed by atoms with Crippen LogP contribution < -0.4 is 0 Å². The summed E-state index contributed by atoms with van der Waals surface area (Å²) in [7, 11) is 0. The predicted molar refractivity (Wildman–Crippen MR) is 43.9 cm³/mol. The van der Waals surface area contributed by atoms with E-state index in [1.54, 1.807) is 0 Å². The molecule has 1 aromatic rings. The van der Waals surface area contributed by atoms with Crippen molar-refractivity contribution in [2.24, 2.45) is 0 Å². The minimum atomic E-state index is -1.24. The molecule has 0 aliphatic carbocycles. The smallest absolute Gasteiger partial charge is 1.00 e. The molecule has 0 aliphatic heterocycles. The fourth-order valence-electron chi connectivity index (χ4n) is 0.549. The number of carboxylic acids is 2. The SMILES string of the molecule is O=C(O)c1cnc(C(=O)O)cn1.[Ca+2].[H-].[H-]. The normalized spacial score (nSPS) is 8.62. The van der Waals surface area contributed by atoms with E-state index < -0.39 is 11.9 Å². The maximum Gasteiger partial charge on any atom is 2.00 e. The molecule has 6 nitrogen and oxygen atoms in total. The van der Waals surface area contributed by atoms with Crippen LogP contribution in [0.3, 0.4) is 0 Å². The number of aromatic nitrogens is 2. The molecule has 0 saturated heterocycles. The first-order chi connectivity index (χ1) is 5.61. The Labute approximate surface area is 106 Å². The van der Waals surface area contributed by atoms with Gasteiger partial charge in [-0.15, -0.1) is 0 Å². The first-order valence-electron chi connectivity index (χ1n) is 2.90. The molecule has 1 rings (SSSR count). The van der Waals surface area contributed by atoms with Gasteiger partial charge in [0, 0.05) is 0 Å². The third-order valence-corrected chi connectivity index (χ3v) is 1.09. The van der Waals surface area contributed by atoms with Gasteiger partial charge in [0.25, 0.3) is 0 Å². The molecule has 0 bridgehead atoms. The Bertz CT molecular complexity index is 299. The molecule has 1 heterocycles. The third-order valence-electron chi connectivity index (χ3n) is 1.09. The van der Waals surface area contributed by atoms with Crippen molar-refractivity contribution in [1.29, 1.82) is 0 Å². The first-order valence-corrected chi connectivity index (χ1v) is 2.90. The van der Waals surface area contributed by atoms with Crippen molar-refractivity contribution in [3.63, 3.8) is 0 Å². The van der Waals surface area contributed by atoms with Crippen molar-refractivity contribution in [2.75, 3.05) is 0 Å². The molecule has 0 unspecified atom stereocenters. The second-order valence-electron chi connectivity index (χ2n) is 1.90. The molecule has 0 saturated carbocycles. The van der Waals surface area contributed by atoms with Gasteiger partial charge in [0.2, 0.25) is 0 Å². The number of hydrogen-bond donors (Lipinski definition) is 2. The Morgan fingerprint density at radius 3 is 1.54 bits per heavy atom. The Kier molecular flexibility index (Phi) is 4.82. The average molecular weight is 210 g/mol. The van der Waals surface area contributed by atoms with Crippen LogP contribution >= 0.6 is 0 Å². The number of hydrogen-bond acceptors (Lipinski definition) is 4. The zero-order chi connectivity index (χ0) is 9.14. The summed E-state index contributed by atoms with van der Waals surface area (Å²) < 4.78 is 0. The molecule has 0 aliphatic rings. The number of carbonyl (C=O) groups is 2. The summed E-state index contributed by atoms with van der Waals surface area (Å²) in [4.78, 5) is 27.2. The van der Waals surface area contributed by atoms with Crippen LogP contribution in [-0.4, -0.2) is 69.9 Å². The molecule has 0 fully saturated rings. The van der Waals surface area contributed by atoms with Crippen LogP contribution in [0.2, 0.25) is 0 Å². The number of rotatable bonds is 2. The fourth-order valence-corrected chi connectivity index (χ4v) is 0.549. The molecular weight excluding hydrogens is 204 g/mol. The molecule has 0 amide bonds. The van der Waals surface area contributed by atoms with E-state index in [2.05, 4.69) is 9.97 Å². The van der Waals surface area contributed by atoms with Gasteiger partial charge in [-0.25, -0.2) is 19.6 Å². The summed E-state index contributed by atoms with van der Waals surface area (Å²) in [5.41, 5.74) is -0.556. The summed E-state index contributed by atoms with van der Waals surface area (Å²) in [5, 5.41) is 16.7. The fraction of sp³-hybridized carbons (Fsp3) is 0.